The summed E-state index contributed by atoms with van der Waals surface area (Å²) in [6.45, 7) is 1.91. The van der Waals surface area contributed by atoms with Gasteiger partial charge in [-0.2, -0.15) is 0 Å². The van der Waals surface area contributed by atoms with Crippen LogP contribution in [0.5, 0.6) is 11.5 Å². The van der Waals surface area contributed by atoms with Crippen LogP contribution in [0.3, 0.4) is 0 Å². The molecule has 4 rings (SSSR count). The van der Waals surface area contributed by atoms with Crippen molar-refractivity contribution in [1.82, 2.24) is 10.6 Å². The number of rotatable bonds is 4. The Morgan fingerprint density at radius 3 is 2.92 bits per heavy atom. The van der Waals surface area contributed by atoms with Gasteiger partial charge in [-0.1, -0.05) is 6.07 Å². The minimum atomic E-state index is -0.633. The Hall–Kier alpha value is -3.42. The average Bonchev–Trinajstić information content (AvgIpc) is 3.30. The lowest BCUT2D eigenvalue weighted by atomic mass is 9.98. The molecule has 3 heterocycles. The molecule has 2 aliphatic rings. The van der Waals surface area contributed by atoms with Gasteiger partial charge >= 0.3 is 12.0 Å². The fourth-order valence-electron chi connectivity index (χ4n) is 2.91. The number of allylic oxidation sites excluding steroid dienone is 1. The van der Waals surface area contributed by atoms with E-state index in [0.29, 0.717) is 28.3 Å². The van der Waals surface area contributed by atoms with Crippen molar-refractivity contribution in [2.45, 2.75) is 19.6 Å². The highest BCUT2D eigenvalue weighted by Crippen LogP contribution is 2.33. The lowest BCUT2D eigenvalue weighted by Crippen LogP contribution is -2.45. The standard InChI is InChI=1S/C18H16N2O6/c1-10-15(16(20-18(22)19-10)12-4-5-23-8-12)17(21)24-7-11-2-3-13-14(6-11)26-9-25-13/h2-6,8,16H,7,9H2,1H3,(H2,19,20,22). The number of hydrogen-bond donors (Lipinski definition) is 2. The van der Waals surface area contributed by atoms with Gasteiger partial charge in [0.05, 0.1) is 24.1 Å². The molecule has 1 atom stereocenters. The first-order chi connectivity index (χ1) is 12.6. The normalized spacial score (nSPS) is 18.3. The molecule has 1 aromatic heterocycles. The van der Waals surface area contributed by atoms with Crippen molar-refractivity contribution in [1.29, 1.82) is 0 Å². The number of fused-ring (bicyclic) bond motifs is 1. The van der Waals surface area contributed by atoms with Crippen molar-refractivity contribution in [3.8, 4) is 11.5 Å². The first kappa shape index (κ1) is 16.1. The van der Waals surface area contributed by atoms with Crippen molar-refractivity contribution in [2.75, 3.05) is 6.79 Å². The number of amides is 2. The number of ether oxygens (including phenoxy) is 3. The van der Waals surface area contributed by atoms with E-state index in [1.165, 1.54) is 12.5 Å². The molecule has 2 aliphatic heterocycles. The van der Waals surface area contributed by atoms with Gasteiger partial charge in [-0.05, 0) is 30.7 Å². The molecule has 0 radical (unpaired) electrons. The third-order valence-corrected chi connectivity index (χ3v) is 4.17. The number of furan rings is 1. The van der Waals surface area contributed by atoms with Crippen molar-refractivity contribution in [2.24, 2.45) is 0 Å². The molecular formula is C18H16N2O6. The number of carbonyl (C=O) groups is 2. The smallest absolute Gasteiger partial charge is 0.338 e. The number of urea groups is 1. The Bertz CT molecular complexity index is 887. The lowest BCUT2D eigenvalue weighted by molar-refractivity contribution is -0.140. The topological polar surface area (TPSA) is 99.0 Å². The minimum Gasteiger partial charge on any atom is -0.472 e. The van der Waals surface area contributed by atoms with Gasteiger partial charge in [-0.25, -0.2) is 9.59 Å². The maximum Gasteiger partial charge on any atom is 0.338 e. The molecule has 0 bridgehead atoms. The summed E-state index contributed by atoms with van der Waals surface area (Å²) in [5.41, 5.74) is 2.20. The summed E-state index contributed by atoms with van der Waals surface area (Å²) in [5.74, 6) is 0.758. The molecule has 8 nitrogen and oxygen atoms in total. The van der Waals surface area contributed by atoms with Gasteiger partial charge in [0.1, 0.15) is 6.61 Å². The van der Waals surface area contributed by atoms with E-state index in [1.807, 2.05) is 0 Å². The summed E-state index contributed by atoms with van der Waals surface area (Å²) < 4.78 is 21.1. The Labute approximate surface area is 148 Å². The van der Waals surface area contributed by atoms with E-state index in [2.05, 4.69) is 10.6 Å². The van der Waals surface area contributed by atoms with Crippen LogP contribution in [0.25, 0.3) is 0 Å². The van der Waals surface area contributed by atoms with Crippen LogP contribution in [0.4, 0.5) is 4.79 Å². The molecule has 8 heteroatoms. The summed E-state index contributed by atoms with van der Waals surface area (Å²) >= 11 is 0. The number of nitrogens with one attached hydrogen (secondary N) is 2. The van der Waals surface area contributed by atoms with Crippen molar-refractivity contribution in [3.63, 3.8) is 0 Å². The van der Waals surface area contributed by atoms with Crippen LogP contribution in [0.2, 0.25) is 0 Å². The van der Waals surface area contributed by atoms with Gasteiger partial charge in [0.2, 0.25) is 6.79 Å². The van der Waals surface area contributed by atoms with Crippen LogP contribution in [0.1, 0.15) is 24.1 Å². The van der Waals surface area contributed by atoms with E-state index in [-0.39, 0.29) is 19.4 Å². The molecular weight excluding hydrogens is 340 g/mol. The third kappa shape index (κ3) is 2.97. The van der Waals surface area contributed by atoms with E-state index in [9.17, 15) is 9.59 Å². The first-order valence-corrected chi connectivity index (χ1v) is 7.98. The number of hydrogen-bond acceptors (Lipinski definition) is 6. The Morgan fingerprint density at radius 2 is 2.12 bits per heavy atom. The van der Waals surface area contributed by atoms with E-state index in [4.69, 9.17) is 18.6 Å². The average molecular weight is 356 g/mol. The molecule has 0 spiro atoms. The van der Waals surface area contributed by atoms with Gasteiger partial charge < -0.3 is 29.3 Å². The zero-order chi connectivity index (χ0) is 18.1. The highest BCUT2D eigenvalue weighted by Gasteiger charge is 2.32. The number of esters is 1. The van der Waals surface area contributed by atoms with Crippen LogP contribution in [0.15, 0.2) is 52.5 Å². The lowest BCUT2D eigenvalue weighted by Gasteiger charge is -2.27. The van der Waals surface area contributed by atoms with E-state index in [0.717, 1.165) is 5.56 Å². The molecule has 1 aromatic carbocycles. The quantitative estimate of drug-likeness (QED) is 0.816. The van der Waals surface area contributed by atoms with Crippen LogP contribution in [-0.4, -0.2) is 18.8 Å². The summed E-state index contributed by atoms with van der Waals surface area (Å²) in [7, 11) is 0. The Morgan fingerprint density at radius 1 is 1.27 bits per heavy atom. The molecule has 0 saturated carbocycles. The van der Waals surface area contributed by atoms with Crippen molar-refractivity contribution < 1.29 is 28.2 Å². The molecule has 2 N–H and O–H groups in total. The fourth-order valence-corrected chi connectivity index (χ4v) is 2.91. The second-order valence-corrected chi connectivity index (χ2v) is 5.89. The highest BCUT2D eigenvalue weighted by molar-refractivity contribution is 5.95. The molecule has 0 fully saturated rings. The van der Waals surface area contributed by atoms with Gasteiger partial charge in [0, 0.05) is 11.3 Å². The fraction of sp³-hybridized carbons (Fsp3) is 0.222. The summed E-state index contributed by atoms with van der Waals surface area (Å²) in [4.78, 5) is 24.4. The minimum absolute atomic E-state index is 0.0678. The first-order valence-electron chi connectivity index (χ1n) is 7.98. The zero-order valence-electron chi connectivity index (χ0n) is 13.9. The summed E-state index contributed by atoms with van der Waals surface area (Å²) in [6.07, 6.45) is 2.96. The summed E-state index contributed by atoms with van der Waals surface area (Å²) in [5, 5.41) is 5.30. The third-order valence-electron chi connectivity index (χ3n) is 4.17. The molecule has 2 aromatic rings. The molecule has 134 valence electrons. The number of benzene rings is 1. The van der Waals surface area contributed by atoms with Crippen molar-refractivity contribution in [3.05, 3.63) is 59.2 Å². The Kier molecular flexibility index (Phi) is 4.00. The second kappa shape index (κ2) is 6.47. The molecule has 26 heavy (non-hydrogen) atoms. The van der Waals surface area contributed by atoms with Gasteiger partial charge in [0.25, 0.3) is 0 Å². The van der Waals surface area contributed by atoms with E-state index < -0.39 is 12.0 Å². The zero-order valence-corrected chi connectivity index (χ0v) is 13.9. The molecule has 0 saturated heterocycles. The SMILES string of the molecule is CC1=C(C(=O)OCc2ccc3c(c2)OCO3)C(c2ccoc2)NC(=O)N1. The van der Waals surface area contributed by atoms with Crippen LogP contribution in [0, 0.1) is 0 Å². The maximum absolute atomic E-state index is 12.7. The summed E-state index contributed by atoms with van der Waals surface area (Å²) in [6, 6.07) is 6.01. The molecule has 1 unspecified atom stereocenters. The Balaban J connectivity index is 1.52. The van der Waals surface area contributed by atoms with Gasteiger partial charge in [0.15, 0.2) is 11.5 Å². The van der Waals surface area contributed by atoms with E-state index in [1.54, 1.807) is 31.2 Å². The van der Waals surface area contributed by atoms with Gasteiger partial charge in [-0.3, -0.25) is 0 Å². The van der Waals surface area contributed by atoms with Crippen molar-refractivity contribution >= 4 is 12.0 Å². The van der Waals surface area contributed by atoms with Crippen LogP contribution in [-0.2, 0) is 16.1 Å². The second-order valence-electron chi connectivity index (χ2n) is 5.89. The number of carbonyl (C=O) groups excluding carboxylic acids is 2. The molecule has 0 aliphatic carbocycles. The predicted octanol–water partition coefficient (Wildman–Crippen LogP) is 2.38. The predicted molar refractivity (Wildman–Crippen MR) is 88.2 cm³/mol. The van der Waals surface area contributed by atoms with Gasteiger partial charge in [-0.15, -0.1) is 0 Å². The largest absolute Gasteiger partial charge is 0.472 e. The molecule has 2 amide bonds. The van der Waals surface area contributed by atoms with E-state index >= 15 is 0 Å². The maximum atomic E-state index is 12.7. The highest BCUT2D eigenvalue weighted by atomic mass is 16.7. The monoisotopic (exact) mass is 356 g/mol. The van der Waals surface area contributed by atoms with Crippen LogP contribution < -0.4 is 20.1 Å². The van der Waals surface area contributed by atoms with Crippen LogP contribution >= 0.6 is 0 Å².